The number of nitrogens with one attached hydrogen (secondary N) is 1. The zero-order valence-electron chi connectivity index (χ0n) is 17.2. The Hall–Kier alpha value is -2.69. The quantitative estimate of drug-likeness (QED) is 0.494. The van der Waals surface area contributed by atoms with Crippen LogP contribution < -0.4 is 0 Å². The Morgan fingerprint density at radius 1 is 1.11 bits per heavy atom. The molecule has 1 aliphatic carbocycles. The van der Waals surface area contributed by atoms with Crippen molar-refractivity contribution >= 4 is 5.57 Å². The minimum atomic E-state index is -0.125. The van der Waals surface area contributed by atoms with Crippen LogP contribution in [0.4, 0.5) is 4.39 Å². The van der Waals surface area contributed by atoms with Gasteiger partial charge in [-0.15, -0.1) is 0 Å². The standard InChI is InChI=1S/C11H16N4.C9H7F.C2H6/c1-4-5-15-9(3)10(7-13-15)11-8(2)6-12-14-11;1-5-3-7-6(2)9(7)8(10)4-5;1-2/h6-7H,4-5H2,1-3H3,(H,12,14);3-4H,2H2,1H3;1-2H3. The van der Waals surface area contributed by atoms with Crippen molar-refractivity contribution in [3.63, 3.8) is 0 Å². The lowest BCUT2D eigenvalue weighted by atomic mass is 10.1. The van der Waals surface area contributed by atoms with Gasteiger partial charge < -0.3 is 0 Å². The SMILES string of the molecule is C=C1c2cc(C)cc(F)c21.CC.CCCn1ncc(-c2[nH]ncc2C)c1C. The Labute approximate surface area is 161 Å². The van der Waals surface area contributed by atoms with Gasteiger partial charge in [0.1, 0.15) is 5.82 Å². The molecular weight excluding hydrogens is 339 g/mol. The van der Waals surface area contributed by atoms with Crippen LogP contribution >= 0.6 is 0 Å². The fraction of sp³-hybridized carbons (Fsp3) is 0.364. The molecule has 4 nitrogen and oxygen atoms in total. The molecule has 2 heterocycles. The van der Waals surface area contributed by atoms with E-state index in [1.807, 2.05) is 43.9 Å². The van der Waals surface area contributed by atoms with Gasteiger partial charge >= 0.3 is 0 Å². The van der Waals surface area contributed by atoms with E-state index in [0.29, 0.717) is 0 Å². The van der Waals surface area contributed by atoms with Crippen LogP contribution in [0, 0.1) is 26.6 Å². The van der Waals surface area contributed by atoms with Crippen LogP contribution in [-0.4, -0.2) is 20.0 Å². The van der Waals surface area contributed by atoms with E-state index >= 15 is 0 Å². The molecule has 3 aromatic rings. The topological polar surface area (TPSA) is 46.5 Å². The average molecular weight is 369 g/mol. The number of aryl methyl sites for hydroxylation is 3. The number of rotatable bonds is 3. The van der Waals surface area contributed by atoms with E-state index < -0.39 is 0 Å². The van der Waals surface area contributed by atoms with Gasteiger partial charge in [-0.2, -0.15) is 10.2 Å². The van der Waals surface area contributed by atoms with Gasteiger partial charge in [-0.1, -0.05) is 33.4 Å². The van der Waals surface area contributed by atoms with E-state index in [1.165, 1.54) is 11.8 Å². The Balaban J connectivity index is 0.000000189. The van der Waals surface area contributed by atoms with E-state index in [9.17, 15) is 4.39 Å². The fourth-order valence-corrected chi connectivity index (χ4v) is 2.96. The molecule has 2 aromatic heterocycles. The van der Waals surface area contributed by atoms with Crippen LogP contribution in [0.2, 0.25) is 0 Å². The normalized spacial score (nSPS) is 11.1. The first-order chi connectivity index (χ1) is 12.9. The molecule has 0 fully saturated rings. The van der Waals surface area contributed by atoms with Crippen LogP contribution in [0.15, 0.2) is 31.1 Å². The van der Waals surface area contributed by atoms with E-state index in [2.05, 4.69) is 42.6 Å². The molecule has 5 heteroatoms. The summed E-state index contributed by atoms with van der Waals surface area (Å²) in [4.78, 5) is 0. The lowest BCUT2D eigenvalue weighted by Crippen LogP contribution is -2.01. The molecule has 0 saturated carbocycles. The van der Waals surface area contributed by atoms with Crippen molar-refractivity contribution in [3.8, 4) is 11.3 Å². The molecule has 144 valence electrons. The molecule has 0 aliphatic heterocycles. The molecule has 0 amide bonds. The van der Waals surface area contributed by atoms with Gasteiger partial charge in [0.05, 0.1) is 18.1 Å². The number of aromatic nitrogens is 4. The lowest BCUT2D eigenvalue weighted by Gasteiger charge is -2.02. The fourth-order valence-electron chi connectivity index (χ4n) is 2.96. The number of hydrogen-bond acceptors (Lipinski definition) is 2. The number of hydrogen-bond donors (Lipinski definition) is 1. The van der Waals surface area contributed by atoms with Gasteiger partial charge in [0.25, 0.3) is 0 Å². The second kappa shape index (κ2) is 8.80. The van der Waals surface area contributed by atoms with Crippen molar-refractivity contribution in [2.45, 2.75) is 54.5 Å². The van der Waals surface area contributed by atoms with Crippen molar-refractivity contribution in [3.05, 3.63) is 64.9 Å². The molecule has 27 heavy (non-hydrogen) atoms. The molecule has 0 saturated heterocycles. The minimum absolute atomic E-state index is 0.125. The number of H-pyrrole nitrogens is 1. The van der Waals surface area contributed by atoms with Gasteiger partial charge in [0.15, 0.2) is 0 Å². The molecule has 1 N–H and O–H groups in total. The lowest BCUT2D eigenvalue weighted by molar-refractivity contribution is 0.587. The number of halogens is 1. The minimum Gasteiger partial charge on any atom is -0.277 e. The second-order valence-electron chi connectivity index (χ2n) is 6.44. The van der Waals surface area contributed by atoms with Gasteiger partial charge in [-0.05, 0) is 55.5 Å². The number of aromatic amines is 1. The summed E-state index contributed by atoms with van der Waals surface area (Å²) in [6, 6.07) is 3.50. The van der Waals surface area contributed by atoms with E-state index in [-0.39, 0.29) is 5.82 Å². The highest BCUT2D eigenvalue weighted by atomic mass is 19.1. The Morgan fingerprint density at radius 2 is 1.81 bits per heavy atom. The molecule has 0 unspecified atom stereocenters. The van der Waals surface area contributed by atoms with Gasteiger partial charge in [0.2, 0.25) is 0 Å². The molecule has 0 bridgehead atoms. The van der Waals surface area contributed by atoms with Gasteiger partial charge in [-0.3, -0.25) is 9.78 Å². The highest BCUT2D eigenvalue weighted by Crippen LogP contribution is 2.42. The van der Waals surface area contributed by atoms with Crippen molar-refractivity contribution in [1.29, 1.82) is 0 Å². The number of nitrogens with zero attached hydrogens (tertiary/aromatic N) is 3. The zero-order chi connectivity index (χ0) is 20.1. The first-order valence-electron chi connectivity index (χ1n) is 9.46. The zero-order valence-corrected chi connectivity index (χ0v) is 17.2. The summed E-state index contributed by atoms with van der Waals surface area (Å²) in [5.41, 5.74) is 8.15. The maximum absolute atomic E-state index is 12.8. The molecule has 0 spiro atoms. The van der Waals surface area contributed by atoms with Gasteiger partial charge in [0, 0.05) is 23.4 Å². The summed E-state index contributed by atoms with van der Waals surface area (Å²) in [7, 11) is 0. The number of benzene rings is 1. The van der Waals surface area contributed by atoms with Crippen LogP contribution in [0.5, 0.6) is 0 Å². The van der Waals surface area contributed by atoms with Gasteiger partial charge in [-0.25, -0.2) is 4.39 Å². The summed E-state index contributed by atoms with van der Waals surface area (Å²) in [5, 5.41) is 11.4. The van der Waals surface area contributed by atoms with Crippen molar-refractivity contribution in [2.24, 2.45) is 0 Å². The van der Waals surface area contributed by atoms with Crippen LogP contribution in [0.3, 0.4) is 0 Å². The van der Waals surface area contributed by atoms with Crippen LogP contribution in [0.1, 0.15) is 55.1 Å². The van der Waals surface area contributed by atoms with E-state index in [1.54, 1.807) is 0 Å². The monoisotopic (exact) mass is 368 g/mol. The van der Waals surface area contributed by atoms with Crippen molar-refractivity contribution in [2.75, 3.05) is 0 Å². The van der Waals surface area contributed by atoms with Crippen molar-refractivity contribution < 1.29 is 4.39 Å². The molecular formula is C22H29FN4. The smallest absolute Gasteiger partial charge is 0.131 e. The Morgan fingerprint density at radius 3 is 2.37 bits per heavy atom. The third-order valence-electron chi connectivity index (χ3n) is 4.44. The van der Waals surface area contributed by atoms with Crippen molar-refractivity contribution in [1.82, 2.24) is 20.0 Å². The molecule has 4 rings (SSSR count). The largest absolute Gasteiger partial charge is 0.277 e. The number of fused-ring (bicyclic) bond motifs is 1. The second-order valence-corrected chi connectivity index (χ2v) is 6.44. The molecule has 1 aromatic carbocycles. The highest BCUT2D eigenvalue weighted by Gasteiger charge is 2.26. The first kappa shape index (κ1) is 20.6. The predicted octanol–water partition coefficient (Wildman–Crippen LogP) is 5.84. The maximum Gasteiger partial charge on any atom is 0.131 e. The summed E-state index contributed by atoms with van der Waals surface area (Å²) < 4.78 is 14.9. The molecule has 1 aliphatic rings. The Bertz CT molecular complexity index is 934. The summed E-state index contributed by atoms with van der Waals surface area (Å²) in [5.74, 6) is -0.125. The average Bonchev–Trinajstić information content (AvgIpc) is 2.94. The predicted molar refractivity (Wildman–Crippen MR) is 110 cm³/mol. The maximum atomic E-state index is 12.8. The van der Waals surface area contributed by atoms with E-state index in [0.717, 1.165) is 52.0 Å². The third-order valence-corrected chi connectivity index (χ3v) is 4.44. The highest BCUT2D eigenvalue weighted by molar-refractivity contribution is 5.99. The van der Waals surface area contributed by atoms with Crippen LogP contribution in [0.25, 0.3) is 16.8 Å². The van der Waals surface area contributed by atoms with Crippen LogP contribution in [-0.2, 0) is 6.54 Å². The first-order valence-corrected chi connectivity index (χ1v) is 9.46. The summed E-state index contributed by atoms with van der Waals surface area (Å²) in [6.45, 7) is 16.9. The summed E-state index contributed by atoms with van der Waals surface area (Å²) in [6.07, 6.45) is 4.85. The molecule has 0 radical (unpaired) electrons. The molecule has 0 atom stereocenters. The van der Waals surface area contributed by atoms with E-state index in [4.69, 9.17) is 0 Å². The Kier molecular flexibility index (Phi) is 6.72. The summed E-state index contributed by atoms with van der Waals surface area (Å²) >= 11 is 0. The third kappa shape index (κ3) is 4.35.